The number of morpholine rings is 1. The van der Waals surface area contributed by atoms with Crippen LogP contribution in [0.3, 0.4) is 0 Å². The van der Waals surface area contributed by atoms with Gasteiger partial charge in [-0.25, -0.2) is 4.79 Å². The Morgan fingerprint density at radius 3 is 3.08 bits per heavy atom. The molecule has 6 heteroatoms. The SMILES string of the molecule is CCOC(=O)C1OCCNC1=S.Cl. The number of hydrogen-bond acceptors (Lipinski definition) is 4. The summed E-state index contributed by atoms with van der Waals surface area (Å²) >= 11 is 4.88. The molecular weight excluding hydrogens is 214 g/mol. The Kier molecular flexibility index (Phi) is 5.94. The van der Waals surface area contributed by atoms with Gasteiger partial charge in [0.15, 0.2) is 0 Å². The van der Waals surface area contributed by atoms with Crippen LogP contribution >= 0.6 is 24.6 Å². The largest absolute Gasteiger partial charge is 0.464 e. The van der Waals surface area contributed by atoms with E-state index in [4.69, 9.17) is 21.7 Å². The Balaban J connectivity index is 0.00000144. The van der Waals surface area contributed by atoms with Gasteiger partial charge in [0.1, 0.15) is 4.99 Å². The first-order valence-electron chi connectivity index (χ1n) is 3.81. The van der Waals surface area contributed by atoms with Gasteiger partial charge in [-0.1, -0.05) is 12.2 Å². The lowest BCUT2D eigenvalue weighted by Crippen LogP contribution is -2.47. The van der Waals surface area contributed by atoms with Crippen LogP contribution in [0, 0.1) is 0 Å². The van der Waals surface area contributed by atoms with Gasteiger partial charge in [-0.3, -0.25) is 0 Å². The van der Waals surface area contributed by atoms with E-state index in [1.165, 1.54) is 0 Å². The fraction of sp³-hybridized carbons (Fsp3) is 0.714. The molecule has 0 aromatic rings. The molecule has 76 valence electrons. The van der Waals surface area contributed by atoms with Crippen molar-refractivity contribution in [3.05, 3.63) is 0 Å². The van der Waals surface area contributed by atoms with E-state index in [0.717, 1.165) is 0 Å². The number of hydrogen-bond donors (Lipinski definition) is 1. The lowest BCUT2D eigenvalue weighted by atomic mass is 10.3. The highest BCUT2D eigenvalue weighted by Crippen LogP contribution is 2.01. The van der Waals surface area contributed by atoms with Crippen LogP contribution in [0.4, 0.5) is 0 Å². The van der Waals surface area contributed by atoms with Crippen molar-refractivity contribution in [2.75, 3.05) is 19.8 Å². The predicted octanol–water partition coefficient (Wildman–Crippen LogP) is 0.287. The van der Waals surface area contributed by atoms with Crippen LogP contribution in [-0.2, 0) is 14.3 Å². The molecule has 13 heavy (non-hydrogen) atoms. The van der Waals surface area contributed by atoms with Crippen molar-refractivity contribution in [1.82, 2.24) is 5.32 Å². The number of esters is 1. The standard InChI is InChI=1S/C7H11NO3S.ClH/c1-2-10-7(9)5-6(12)8-3-4-11-5;/h5H,2-4H2,1H3,(H,8,12);1H. The minimum atomic E-state index is -0.700. The third kappa shape index (κ3) is 3.46. The third-order valence-corrected chi connectivity index (χ3v) is 1.78. The zero-order chi connectivity index (χ0) is 8.97. The lowest BCUT2D eigenvalue weighted by Gasteiger charge is -2.23. The smallest absolute Gasteiger partial charge is 0.342 e. The fourth-order valence-corrected chi connectivity index (χ4v) is 1.18. The van der Waals surface area contributed by atoms with Crippen LogP contribution in [0.2, 0.25) is 0 Å². The van der Waals surface area contributed by atoms with Crippen LogP contribution in [0.5, 0.6) is 0 Å². The molecular formula is C7H12ClNO3S. The summed E-state index contributed by atoms with van der Waals surface area (Å²) in [5.74, 6) is -0.408. The Labute approximate surface area is 88.4 Å². The molecule has 1 heterocycles. The predicted molar refractivity (Wildman–Crippen MR) is 54.2 cm³/mol. The summed E-state index contributed by atoms with van der Waals surface area (Å²) < 4.78 is 9.89. The minimum absolute atomic E-state index is 0. The first-order valence-corrected chi connectivity index (χ1v) is 4.22. The van der Waals surface area contributed by atoms with Crippen molar-refractivity contribution in [3.8, 4) is 0 Å². The molecule has 1 N–H and O–H groups in total. The van der Waals surface area contributed by atoms with Crippen molar-refractivity contribution in [1.29, 1.82) is 0 Å². The van der Waals surface area contributed by atoms with Crippen molar-refractivity contribution >= 4 is 35.6 Å². The summed E-state index contributed by atoms with van der Waals surface area (Å²) in [7, 11) is 0. The van der Waals surface area contributed by atoms with E-state index in [0.29, 0.717) is 24.7 Å². The zero-order valence-corrected chi connectivity index (χ0v) is 8.87. The van der Waals surface area contributed by atoms with Crippen LogP contribution in [0.25, 0.3) is 0 Å². The van der Waals surface area contributed by atoms with Crippen molar-refractivity contribution in [3.63, 3.8) is 0 Å². The van der Waals surface area contributed by atoms with Crippen molar-refractivity contribution in [2.45, 2.75) is 13.0 Å². The Morgan fingerprint density at radius 1 is 1.85 bits per heavy atom. The summed E-state index contributed by atoms with van der Waals surface area (Å²) in [5, 5.41) is 2.88. The molecule has 1 aliphatic heterocycles. The van der Waals surface area contributed by atoms with Crippen LogP contribution in [-0.4, -0.2) is 36.8 Å². The molecule has 0 spiro atoms. The maximum absolute atomic E-state index is 11.1. The minimum Gasteiger partial charge on any atom is -0.464 e. The van der Waals surface area contributed by atoms with Gasteiger partial charge in [-0.2, -0.15) is 0 Å². The van der Waals surface area contributed by atoms with Crippen molar-refractivity contribution < 1.29 is 14.3 Å². The van der Waals surface area contributed by atoms with E-state index in [2.05, 4.69) is 5.32 Å². The Morgan fingerprint density at radius 2 is 2.54 bits per heavy atom. The summed E-state index contributed by atoms with van der Waals surface area (Å²) in [4.78, 5) is 11.6. The molecule has 4 nitrogen and oxygen atoms in total. The molecule has 1 unspecified atom stereocenters. The molecule has 0 bridgehead atoms. The van der Waals surface area contributed by atoms with Gasteiger partial charge in [-0.15, -0.1) is 12.4 Å². The first-order chi connectivity index (χ1) is 5.75. The maximum atomic E-state index is 11.1. The number of rotatable bonds is 2. The summed E-state index contributed by atoms with van der Waals surface area (Å²) in [6, 6.07) is 0. The molecule has 0 aromatic carbocycles. The number of carbonyl (C=O) groups excluding carboxylic acids is 1. The quantitative estimate of drug-likeness (QED) is 0.541. The Bertz CT molecular complexity index is 200. The average molecular weight is 226 g/mol. The van der Waals surface area contributed by atoms with Gasteiger partial charge in [0.2, 0.25) is 6.10 Å². The number of carbonyl (C=O) groups is 1. The monoisotopic (exact) mass is 225 g/mol. The summed E-state index contributed by atoms with van der Waals surface area (Å²) in [6.07, 6.45) is -0.700. The number of thiocarbonyl (C=S) groups is 1. The van der Waals surface area contributed by atoms with Gasteiger partial charge in [0.25, 0.3) is 0 Å². The highest BCUT2D eigenvalue weighted by molar-refractivity contribution is 7.80. The normalized spacial score (nSPS) is 21.3. The third-order valence-electron chi connectivity index (χ3n) is 1.42. The lowest BCUT2D eigenvalue weighted by molar-refractivity contribution is -0.152. The summed E-state index contributed by atoms with van der Waals surface area (Å²) in [5.41, 5.74) is 0. The molecule has 0 radical (unpaired) electrons. The van der Waals surface area contributed by atoms with Gasteiger partial charge >= 0.3 is 5.97 Å². The van der Waals surface area contributed by atoms with Gasteiger partial charge < -0.3 is 14.8 Å². The van der Waals surface area contributed by atoms with Crippen LogP contribution < -0.4 is 5.32 Å². The molecule has 0 aliphatic carbocycles. The molecule has 1 atom stereocenters. The van der Waals surface area contributed by atoms with Gasteiger partial charge in [0, 0.05) is 6.54 Å². The zero-order valence-electron chi connectivity index (χ0n) is 7.24. The molecule has 0 amide bonds. The van der Waals surface area contributed by atoms with Crippen molar-refractivity contribution in [2.24, 2.45) is 0 Å². The Hall–Kier alpha value is -0.390. The van der Waals surface area contributed by atoms with Gasteiger partial charge in [0.05, 0.1) is 13.2 Å². The highest BCUT2D eigenvalue weighted by Gasteiger charge is 2.27. The molecule has 1 aliphatic rings. The molecule has 1 fully saturated rings. The number of nitrogens with one attached hydrogen (secondary N) is 1. The second kappa shape index (κ2) is 6.12. The average Bonchev–Trinajstić information content (AvgIpc) is 2.05. The van der Waals surface area contributed by atoms with Crippen LogP contribution in [0.15, 0.2) is 0 Å². The molecule has 1 saturated heterocycles. The van der Waals surface area contributed by atoms with E-state index >= 15 is 0 Å². The molecule has 1 rings (SSSR count). The first kappa shape index (κ1) is 12.6. The maximum Gasteiger partial charge on any atom is 0.342 e. The number of ether oxygens (including phenoxy) is 2. The highest BCUT2D eigenvalue weighted by atomic mass is 35.5. The molecule has 0 aromatic heterocycles. The van der Waals surface area contributed by atoms with E-state index in [-0.39, 0.29) is 12.4 Å². The fourth-order valence-electron chi connectivity index (χ4n) is 0.912. The van der Waals surface area contributed by atoms with E-state index < -0.39 is 12.1 Å². The van der Waals surface area contributed by atoms with E-state index in [1.807, 2.05) is 0 Å². The number of halogens is 1. The second-order valence-electron chi connectivity index (χ2n) is 2.29. The summed E-state index contributed by atoms with van der Waals surface area (Å²) in [6.45, 7) is 3.25. The van der Waals surface area contributed by atoms with Crippen LogP contribution in [0.1, 0.15) is 6.92 Å². The molecule has 0 saturated carbocycles. The second-order valence-corrected chi connectivity index (χ2v) is 2.73. The van der Waals surface area contributed by atoms with E-state index in [1.54, 1.807) is 6.92 Å². The topological polar surface area (TPSA) is 47.6 Å². The van der Waals surface area contributed by atoms with Gasteiger partial charge in [-0.05, 0) is 6.92 Å². The van der Waals surface area contributed by atoms with E-state index in [9.17, 15) is 4.79 Å².